The van der Waals surface area contributed by atoms with Crippen molar-refractivity contribution < 1.29 is 4.79 Å². The predicted molar refractivity (Wildman–Crippen MR) is 52.9 cm³/mol. The lowest BCUT2D eigenvalue weighted by atomic mass is 10.3. The van der Waals surface area contributed by atoms with E-state index in [1.807, 2.05) is 20.0 Å². The third kappa shape index (κ3) is 1.29. The summed E-state index contributed by atoms with van der Waals surface area (Å²) in [7, 11) is 1.83. The Hall–Kier alpha value is -1.36. The summed E-state index contributed by atoms with van der Waals surface area (Å²) in [5, 5.41) is 4.20. The van der Waals surface area contributed by atoms with E-state index in [-0.39, 0.29) is 11.9 Å². The summed E-state index contributed by atoms with van der Waals surface area (Å²) in [4.78, 5) is 13.3. The van der Waals surface area contributed by atoms with Crippen LogP contribution in [0, 0.1) is 6.92 Å². The maximum atomic E-state index is 11.6. The van der Waals surface area contributed by atoms with E-state index in [0.29, 0.717) is 6.54 Å². The number of amides is 1. The van der Waals surface area contributed by atoms with Gasteiger partial charge in [-0.1, -0.05) is 0 Å². The summed E-state index contributed by atoms with van der Waals surface area (Å²) in [6.45, 7) is 2.60. The summed E-state index contributed by atoms with van der Waals surface area (Å²) in [5.74, 6) is 0.827. The number of rotatable bonds is 1. The summed E-state index contributed by atoms with van der Waals surface area (Å²) in [6, 6.07) is 1.56. The molecule has 0 aliphatic carbocycles. The van der Waals surface area contributed by atoms with Crippen molar-refractivity contribution in [1.82, 2.24) is 9.78 Å². The standard InChI is InChI=1S/C9H14N4O/c1-6-5-8(12(2)11-6)13-4-3-7(10)9(13)14/h5,7H,3-4,10H2,1-2H3. The molecule has 0 aromatic carbocycles. The molecular formula is C9H14N4O. The van der Waals surface area contributed by atoms with E-state index in [4.69, 9.17) is 5.73 Å². The molecule has 2 rings (SSSR count). The molecule has 1 aliphatic rings. The number of hydrogen-bond acceptors (Lipinski definition) is 3. The predicted octanol–water partition coefficient (Wildman–Crippen LogP) is -0.207. The van der Waals surface area contributed by atoms with Gasteiger partial charge in [-0.3, -0.25) is 14.4 Å². The van der Waals surface area contributed by atoms with Crippen LogP contribution >= 0.6 is 0 Å². The molecule has 14 heavy (non-hydrogen) atoms. The number of carbonyl (C=O) groups excluding carboxylic acids is 1. The summed E-state index contributed by atoms with van der Waals surface area (Å²) < 4.78 is 1.71. The van der Waals surface area contributed by atoms with E-state index in [0.717, 1.165) is 17.9 Å². The van der Waals surface area contributed by atoms with E-state index < -0.39 is 0 Å². The molecule has 1 amide bonds. The molecule has 2 heterocycles. The molecule has 5 heteroatoms. The van der Waals surface area contributed by atoms with Crippen LogP contribution in [0.3, 0.4) is 0 Å². The normalized spacial score (nSPS) is 22.1. The Morgan fingerprint density at radius 2 is 2.36 bits per heavy atom. The quantitative estimate of drug-likeness (QED) is 0.673. The van der Waals surface area contributed by atoms with Gasteiger partial charge in [0.1, 0.15) is 5.82 Å². The van der Waals surface area contributed by atoms with Gasteiger partial charge in [-0.25, -0.2) is 0 Å². The maximum Gasteiger partial charge on any atom is 0.245 e. The molecule has 0 saturated carbocycles. The molecule has 1 saturated heterocycles. The van der Waals surface area contributed by atoms with Gasteiger partial charge < -0.3 is 5.73 Å². The van der Waals surface area contributed by atoms with E-state index in [1.165, 1.54) is 0 Å². The van der Waals surface area contributed by atoms with Gasteiger partial charge in [0.2, 0.25) is 5.91 Å². The van der Waals surface area contributed by atoms with Crippen LogP contribution in [0.25, 0.3) is 0 Å². The van der Waals surface area contributed by atoms with Crippen LogP contribution in [-0.2, 0) is 11.8 Å². The van der Waals surface area contributed by atoms with Gasteiger partial charge in [0, 0.05) is 19.7 Å². The Labute approximate surface area is 82.5 Å². The minimum atomic E-state index is -0.342. The van der Waals surface area contributed by atoms with Gasteiger partial charge in [-0.05, 0) is 13.3 Å². The Morgan fingerprint density at radius 1 is 1.64 bits per heavy atom. The summed E-state index contributed by atoms with van der Waals surface area (Å²) in [6.07, 6.45) is 0.725. The zero-order chi connectivity index (χ0) is 10.3. The second-order valence-electron chi connectivity index (χ2n) is 3.65. The Morgan fingerprint density at radius 3 is 2.79 bits per heavy atom. The largest absolute Gasteiger partial charge is 0.320 e. The van der Waals surface area contributed by atoms with Crippen molar-refractivity contribution in [3.05, 3.63) is 11.8 Å². The van der Waals surface area contributed by atoms with Crippen molar-refractivity contribution in [1.29, 1.82) is 0 Å². The number of hydrogen-bond donors (Lipinski definition) is 1. The van der Waals surface area contributed by atoms with Crippen molar-refractivity contribution in [2.45, 2.75) is 19.4 Å². The first-order chi connectivity index (χ1) is 6.59. The highest BCUT2D eigenvalue weighted by atomic mass is 16.2. The lowest BCUT2D eigenvalue weighted by molar-refractivity contribution is -0.118. The molecule has 0 spiro atoms. The SMILES string of the molecule is Cc1cc(N2CCC(N)C2=O)n(C)n1. The fourth-order valence-electron chi connectivity index (χ4n) is 1.78. The second kappa shape index (κ2) is 3.09. The molecule has 1 aliphatic heterocycles. The molecule has 1 aromatic rings. The van der Waals surface area contributed by atoms with Crippen LogP contribution in [0.2, 0.25) is 0 Å². The van der Waals surface area contributed by atoms with Gasteiger partial charge >= 0.3 is 0 Å². The molecule has 76 valence electrons. The second-order valence-corrected chi connectivity index (χ2v) is 3.65. The van der Waals surface area contributed by atoms with Gasteiger partial charge in [0.05, 0.1) is 11.7 Å². The average Bonchev–Trinajstić information content (AvgIpc) is 2.59. The number of aryl methyl sites for hydroxylation is 2. The highest BCUT2D eigenvalue weighted by Crippen LogP contribution is 2.20. The topological polar surface area (TPSA) is 64.2 Å². The summed E-state index contributed by atoms with van der Waals surface area (Å²) >= 11 is 0. The number of nitrogens with two attached hydrogens (primary N) is 1. The van der Waals surface area contributed by atoms with E-state index in [1.54, 1.807) is 9.58 Å². The van der Waals surface area contributed by atoms with E-state index in [2.05, 4.69) is 5.10 Å². The fourth-order valence-corrected chi connectivity index (χ4v) is 1.78. The van der Waals surface area contributed by atoms with Crippen LogP contribution in [0.4, 0.5) is 5.82 Å². The lowest BCUT2D eigenvalue weighted by Gasteiger charge is -2.15. The Kier molecular flexibility index (Phi) is 2.03. The smallest absolute Gasteiger partial charge is 0.245 e. The van der Waals surface area contributed by atoms with Crippen molar-refractivity contribution in [2.24, 2.45) is 12.8 Å². The number of nitrogens with zero attached hydrogens (tertiary/aromatic N) is 3. The summed E-state index contributed by atoms with van der Waals surface area (Å²) in [5.41, 5.74) is 6.55. The first kappa shape index (κ1) is 9.21. The van der Waals surface area contributed by atoms with Crippen molar-refractivity contribution in [3.63, 3.8) is 0 Å². The maximum absolute atomic E-state index is 11.6. The minimum Gasteiger partial charge on any atom is -0.320 e. The fraction of sp³-hybridized carbons (Fsp3) is 0.556. The number of anilines is 1. The molecule has 2 N–H and O–H groups in total. The zero-order valence-corrected chi connectivity index (χ0v) is 8.40. The first-order valence-electron chi connectivity index (χ1n) is 4.67. The van der Waals surface area contributed by atoms with Gasteiger partial charge in [0.25, 0.3) is 0 Å². The van der Waals surface area contributed by atoms with Crippen LogP contribution in [0.5, 0.6) is 0 Å². The third-order valence-corrected chi connectivity index (χ3v) is 2.50. The molecule has 1 aromatic heterocycles. The van der Waals surface area contributed by atoms with Crippen molar-refractivity contribution in [2.75, 3.05) is 11.4 Å². The van der Waals surface area contributed by atoms with Crippen LogP contribution in [0.1, 0.15) is 12.1 Å². The molecule has 1 atom stereocenters. The minimum absolute atomic E-state index is 0.00648. The van der Waals surface area contributed by atoms with Crippen molar-refractivity contribution >= 4 is 11.7 Å². The van der Waals surface area contributed by atoms with E-state index in [9.17, 15) is 4.79 Å². The highest BCUT2D eigenvalue weighted by molar-refractivity contribution is 5.98. The molecule has 1 fully saturated rings. The van der Waals surface area contributed by atoms with Crippen LogP contribution < -0.4 is 10.6 Å². The van der Waals surface area contributed by atoms with Crippen LogP contribution in [-0.4, -0.2) is 28.3 Å². The molecule has 0 bridgehead atoms. The van der Waals surface area contributed by atoms with Gasteiger partial charge in [-0.15, -0.1) is 0 Å². The van der Waals surface area contributed by atoms with Crippen molar-refractivity contribution in [3.8, 4) is 0 Å². The molecule has 1 unspecified atom stereocenters. The number of aromatic nitrogens is 2. The third-order valence-electron chi connectivity index (χ3n) is 2.50. The van der Waals surface area contributed by atoms with Gasteiger partial charge in [-0.2, -0.15) is 5.10 Å². The van der Waals surface area contributed by atoms with Crippen LogP contribution in [0.15, 0.2) is 6.07 Å². The Balaban J connectivity index is 2.32. The Bertz CT molecular complexity index is 371. The average molecular weight is 194 g/mol. The van der Waals surface area contributed by atoms with Gasteiger partial charge in [0.15, 0.2) is 0 Å². The monoisotopic (exact) mass is 194 g/mol. The molecule has 5 nitrogen and oxygen atoms in total. The highest BCUT2D eigenvalue weighted by Gasteiger charge is 2.31. The van der Waals surface area contributed by atoms with E-state index >= 15 is 0 Å². The molecular weight excluding hydrogens is 180 g/mol. The zero-order valence-electron chi connectivity index (χ0n) is 8.40. The first-order valence-corrected chi connectivity index (χ1v) is 4.67. The lowest BCUT2D eigenvalue weighted by Crippen LogP contribution is -2.34. The molecule has 0 radical (unpaired) electrons. The number of carbonyl (C=O) groups is 1.